The number of halogens is 2. The molecule has 1 aromatic heterocycles. The van der Waals surface area contributed by atoms with Gasteiger partial charge in [-0.1, -0.05) is 11.6 Å². The van der Waals surface area contributed by atoms with Crippen molar-refractivity contribution in [3.8, 4) is 11.4 Å². The van der Waals surface area contributed by atoms with Gasteiger partial charge in [0.2, 0.25) is 0 Å². The molecule has 128 valence electrons. The zero-order chi connectivity index (χ0) is 16.7. The molecule has 4 nitrogen and oxygen atoms in total. The highest BCUT2D eigenvalue weighted by atomic mass is 35.5. The van der Waals surface area contributed by atoms with Crippen LogP contribution >= 0.6 is 11.6 Å². The van der Waals surface area contributed by atoms with E-state index in [1.165, 1.54) is 6.07 Å². The average molecular weight is 351 g/mol. The van der Waals surface area contributed by atoms with E-state index in [0.717, 1.165) is 62.6 Å². The molecule has 0 spiro atoms. The van der Waals surface area contributed by atoms with Gasteiger partial charge in [0, 0.05) is 17.3 Å². The molecule has 0 bridgehead atoms. The second kappa shape index (κ2) is 6.28. The van der Waals surface area contributed by atoms with E-state index in [2.05, 4.69) is 5.10 Å². The van der Waals surface area contributed by atoms with Crippen molar-refractivity contribution in [2.75, 3.05) is 0 Å². The van der Waals surface area contributed by atoms with Crippen molar-refractivity contribution >= 4 is 11.6 Å². The Morgan fingerprint density at radius 2 is 1.92 bits per heavy atom. The van der Waals surface area contributed by atoms with Crippen molar-refractivity contribution in [2.24, 2.45) is 0 Å². The molecule has 0 unspecified atom stereocenters. The normalized spacial score (nSPS) is 17.9. The summed E-state index contributed by atoms with van der Waals surface area (Å²) in [5.74, 6) is 0.0254. The van der Waals surface area contributed by atoms with Crippen molar-refractivity contribution < 1.29 is 9.13 Å². The number of H-pyrrole nitrogens is 1. The summed E-state index contributed by atoms with van der Waals surface area (Å²) in [4.78, 5) is 12.1. The van der Waals surface area contributed by atoms with Crippen LogP contribution in [0.4, 0.5) is 4.39 Å². The maximum absolute atomic E-state index is 14.5. The topological polar surface area (TPSA) is 47.0 Å². The Balaban J connectivity index is 1.76. The number of hydrogen-bond donors (Lipinski definition) is 1. The Hall–Kier alpha value is -1.75. The zero-order valence-corrected chi connectivity index (χ0v) is 14.2. The lowest BCUT2D eigenvalue weighted by atomic mass is 9.98. The van der Waals surface area contributed by atoms with Gasteiger partial charge in [-0.25, -0.2) is 4.39 Å². The van der Waals surface area contributed by atoms with Gasteiger partial charge in [0.25, 0.3) is 5.56 Å². The van der Waals surface area contributed by atoms with E-state index in [1.807, 2.05) is 0 Å². The average Bonchev–Trinajstić information content (AvgIpc) is 3.19. The molecule has 0 amide bonds. The van der Waals surface area contributed by atoms with Crippen LogP contribution in [0.15, 0.2) is 16.9 Å². The fourth-order valence-electron chi connectivity index (χ4n) is 3.79. The highest BCUT2D eigenvalue weighted by Gasteiger charge is 2.23. The summed E-state index contributed by atoms with van der Waals surface area (Å²) in [5.41, 5.74) is 1.82. The largest absolute Gasteiger partial charge is 0.489 e. The Morgan fingerprint density at radius 3 is 2.71 bits per heavy atom. The van der Waals surface area contributed by atoms with Crippen molar-refractivity contribution in [3.05, 3.63) is 44.6 Å². The van der Waals surface area contributed by atoms with Gasteiger partial charge in [-0.3, -0.25) is 14.6 Å². The molecule has 2 aromatic rings. The number of rotatable bonds is 3. The third-order valence-electron chi connectivity index (χ3n) is 5.03. The number of ether oxygens (including phenoxy) is 1. The number of benzene rings is 1. The number of hydrogen-bond acceptors (Lipinski definition) is 2. The van der Waals surface area contributed by atoms with Crippen LogP contribution in [0.2, 0.25) is 5.02 Å². The van der Waals surface area contributed by atoms with Crippen LogP contribution in [0.3, 0.4) is 0 Å². The van der Waals surface area contributed by atoms with Crippen molar-refractivity contribution in [3.63, 3.8) is 0 Å². The summed E-state index contributed by atoms with van der Waals surface area (Å²) in [6.45, 7) is 0. The van der Waals surface area contributed by atoms with Crippen LogP contribution in [-0.4, -0.2) is 15.9 Å². The Labute approximate surface area is 144 Å². The molecule has 2 aliphatic carbocycles. The van der Waals surface area contributed by atoms with Crippen LogP contribution in [0, 0.1) is 5.82 Å². The lowest BCUT2D eigenvalue weighted by Gasteiger charge is -2.18. The van der Waals surface area contributed by atoms with Gasteiger partial charge < -0.3 is 4.74 Å². The molecule has 0 aliphatic heterocycles. The Morgan fingerprint density at radius 1 is 1.17 bits per heavy atom. The monoisotopic (exact) mass is 350 g/mol. The molecule has 2 aliphatic rings. The van der Waals surface area contributed by atoms with Gasteiger partial charge in [-0.2, -0.15) is 0 Å². The summed E-state index contributed by atoms with van der Waals surface area (Å²) in [6.07, 6.45) is 7.96. The lowest BCUT2D eigenvalue weighted by Crippen LogP contribution is -2.13. The molecule has 1 heterocycles. The van der Waals surface area contributed by atoms with E-state index in [1.54, 1.807) is 10.7 Å². The molecular weight excluding hydrogens is 331 g/mol. The number of aromatic amines is 1. The highest BCUT2D eigenvalue weighted by Crippen LogP contribution is 2.34. The van der Waals surface area contributed by atoms with Crippen molar-refractivity contribution in [1.29, 1.82) is 0 Å². The Bertz CT molecular complexity index is 821. The molecule has 0 saturated heterocycles. The second-order valence-corrected chi connectivity index (χ2v) is 7.07. The number of fused-ring (bicyclic) bond motifs is 1. The summed E-state index contributed by atoms with van der Waals surface area (Å²) in [5, 5.41) is 3.04. The van der Waals surface area contributed by atoms with Crippen LogP contribution in [-0.2, 0) is 12.8 Å². The summed E-state index contributed by atoms with van der Waals surface area (Å²) in [6, 6.07) is 2.88. The van der Waals surface area contributed by atoms with E-state index in [-0.39, 0.29) is 16.7 Å². The predicted octanol–water partition coefficient (Wildman–Crippen LogP) is 4.16. The predicted molar refractivity (Wildman–Crippen MR) is 90.9 cm³/mol. The number of nitrogens with zero attached hydrogens (tertiary/aromatic N) is 1. The molecular formula is C18H20ClFN2O2. The fourth-order valence-corrected chi connectivity index (χ4v) is 3.98. The summed E-state index contributed by atoms with van der Waals surface area (Å²) in [7, 11) is 0. The van der Waals surface area contributed by atoms with Gasteiger partial charge in [-0.15, -0.1) is 0 Å². The van der Waals surface area contributed by atoms with E-state index >= 15 is 0 Å². The van der Waals surface area contributed by atoms with Crippen LogP contribution in [0.1, 0.15) is 49.8 Å². The molecule has 1 aromatic carbocycles. The van der Waals surface area contributed by atoms with E-state index in [9.17, 15) is 9.18 Å². The first-order chi connectivity index (χ1) is 11.6. The SMILES string of the molecule is O=c1[nH]n(-c2cc(OC3CCCC3)c(Cl)cc2F)c2c1CCCC2. The van der Waals surface area contributed by atoms with E-state index < -0.39 is 5.82 Å². The molecule has 4 rings (SSSR count). The smallest absolute Gasteiger partial charge is 0.267 e. The van der Waals surface area contributed by atoms with Crippen LogP contribution < -0.4 is 10.3 Å². The van der Waals surface area contributed by atoms with Gasteiger partial charge in [0.15, 0.2) is 5.82 Å². The molecule has 1 saturated carbocycles. The summed E-state index contributed by atoms with van der Waals surface area (Å²) >= 11 is 6.17. The van der Waals surface area contributed by atoms with Gasteiger partial charge >= 0.3 is 0 Å². The molecule has 1 fully saturated rings. The quantitative estimate of drug-likeness (QED) is 0.903. The fraction of sp³-hybridized carbons (Fsp3) is 0.500. The maximum atomic E-state index is 14.5. The molecule has 1 N–H and O–H groups in total. The van der Waals surface area contributed by atoms with Crippen LogP contribution in [0.5, 0.6) is 5.75 Å². The van der Waals surface area contributed by atoms with Crippen LogP contribution in [0.25, 0.3) is 5.69 Å². The number of aromatic nitrogens is 2. The molecule has 6 heteroatoms. The van der Waals surface area contributed by atoms with Gasteiger partial charge in [0.05, 0.1) is 11.1 Å². The first-order valence-corrected chi connectivity index (χ1v) is 9.00. The Kier molecular flexibility index (Phi) is 4.12. The lowest BCUT2D eigenvalue weighted by molar-refractivity contribution is 0.210. The standard InChI is InChI=1S/C18H20ClFN2O2/c19-13-9-14(20)16(10-17(13)24-11-5-1-2-6-11)22-15-8-4-3-7-12(15)18(23)21-22/h9-11H,1-8H2,(H,21,23). The van der Waals surface area contributed by atoms with E-state index in [4.69, 9.17) is 16.3 Å². The minimum atomic E-state index is -0.460. The molecule has 0 atom stereocenters. The van der Waals surface area contributed by atoms with E-state index in [0.29, 0.717) is 11.4 Å². The molecule has 24 heavy (non-hydrogen) atoms. The minimum Gasteiger partial charge on any atom is -0.489 e. The minimum absolute atomic E-state index is 0.127. The second-order valence-electron chi connectivity index (χ2n) is 6.67. The highest BCUT2D eigenvalue weighted by molar-refractivity contribution is 6.32. The van der Waals surface area contributed by atoms with Crippen molar-refractivity contribution in [2.45, 2.75) is 57.5 Å². The van der Waals surface area contributed by atoms with Crippen molar-refractivity contribution in [1.82, 2.24) is 9.78 Å². The first-order valence-electron chi connectivity index (χ1n) is 8.62. The number of nitrogens with one attached hydrogen (secondary N) is 1. The summed E-state index contributed by atoms with van der Waals surface area (Å²) < 4.78 is 22.1. The molecule has 0 radical (unpaired) electrons. The van der Waals surface area contributed by atoms with Gasteiger partial charge in [-0.05, 0) is 57.4 Å². The zero-order valence-electron chi connectivity index (χ0n) is 13.4. The third kappa shape index (κ3) is 2.75. The first kappa shape index (κ1) is 15.8. The third-order valence-corrected chi connectivity index (χ3v) is 5.33. The van der Waals surface area contributed by atoms with Gasteiger partial charge in [0.1, 0.15) is 11.4 Å². The maximum Gasteiger partial charge on any atom is 0.267 e.